The average Bonchev–Trinajstić information content (AvgIpc) is 2.37. The molecule has 0 unspecified atom stereocenters. The predicted octanol–water partition coefficient (Wildman–Crippen LogP) is 1.04. The molecule has 0 radical (unpaired) electrons. The predicted molar refractivity (Wildman–Crippen MR) is 73.9 cm³/mol. The number of carbonyl (C=O) groups is 3. The average molecular weight is 278 g/mol. The number of anilines is 1. The maximum Gasteiger partial charge on any atom is 0.244 e. The Morgan fingerprint density at radius 1 is 1.21 bits per heavy atom. The summed E-state index contributed by atoms with van der Waals surface area (Å²) in [6, 6.07) is 7.32. The van der Waals surface area contributed by atoms with E-state index in [9.17, 15) is 14.4 Å². The van der Waals surface area contributed by atoms with Gasteiger partial charge in [0.15, 0.2) is 0 Å². The Labute approximate surface area is 115 Å². The van der Waals surface area contributed by atoms with Crippen LogP contribution in [0.4, 0.5) is 5.69 Å². The summed E-state index contributed by atoms with van der Waals surface area (Å²) < 4.78 is 0. The van der Waals surface area contributed by atoms with E-state index in [0.717, 1.165) is 10.5 Å². The van der Waals surface area contributed by atoms with E-state index in [1.165, 1.54) is 11.8 Å². The summed E-state index contributed by atoms with van der Waals surface area (Å²) in [5.41, 5.74) is 1.75. The Kier molecular flexibility index (Phi) is 4.21. The van der Waals surface area contributed by atoms with Crippen LogP contribution in [-0.4, -0.2) is 40.7 Å². The molecule has 3 amide bonds. The van der Waals surface area contributed by atoms with Crippen molar-refractivity contribution in [1.29, 1.82) is 0 Å². The van der Waals surface area contributed by atoms with Crippen LogP contribution in [0.15, 0.2) is 24.3 Å². The van der Waals surface area contributed by atoms with Gasteiger partial charge in [-0.1, -0.05) is 17.7 Å². The normalized spacial score (nSPS) is 15.5. The molecule has 0 saturated carbocycles. The molecular weight excluding hydrogens is 264 g/mol. The molecule has 1 aliphatic heterocycles. The molecule has 100 valence electrons. The molecular formula is C13H14N2O3S. The topological polar surface area (TPSA) is 66.5 Å². The zero-order valence-electron chi connectivity index (χ0n) is 10.5. The molecule has 1 saturated heterocycles. The molecule has 0 bridgehead atoms. The summed E-state index contributed by atoms with van der Waals surface area (Å²) in [4.78, 5) is 35.9. The largest absolute Gasteiger partial charge is 0.325 e. The second-order valence-corrected chi connectivity index (χ2v) is 5.27. The number of hydrogen-bond acceptors (Lipinski definition) is 4. The van der Waals surface area contributed by atoms with E-state index < -0.39 is 0 Å². The molecule has 0 aliphatic carbocycles. The van der Waals surface area contributed by atoms with Crippen molar-refractivity contribution in [3.63, 3.8) is 0 Å². The van der Waals surface area contributed by atoms with Crippen LogP contribution in [0.3, 0.4) is 0 Å². The molecule has 19 heavy (non-hydrogen) atoms. The first kappa shape index (κ1) is 13.6. The number of nitrogens with zero attached hydrogens (tertiary/aromatic N) is 1. The third-order valence-electron chi connectivity index (χ3n) is 2.69. The number of imide groups is 1. The van der Waals surface area contributed by atoms with E-state index >= 15 is 0 Å². The molecule has 0 aromatic heterocycles. The van der Waals surface area contributed by atoms with Crippen molar-refractivity contribution in [3.05, 3.63) is 29.8 Å². The van der Waals surface area contributed by atoms with Gasteiger partial charge in [0.25, 0.3) is 0 Å². The van der Waals surface area contributed by atoms with Crippen molar-refractivity contribution in [2.75, 3.05) is 23.4 Å². The first-order valence-electron chi connectivity index (χ1n) is 5.84. The van der Waals surface area contributed by atoms with Crippen molar-refractivity contribution in [1.82, 2.24) is 4.90 Å². The van der Waals surface area contributed by atoms with Gasteiger partial charge < -0.3 is 5.32 Å². The second kappa shape index (κ2) is 5.88. The molecule has 1 aromatic rings. The summed E-state index contributed by atoms with van der Waals surface area (Å²) >= 11 is 1.28. The summed E-state index contributed by atoms with van der Waals surface area (Å²) in [5, 5.41) is 2.67. The van der Waals surface area contributed by atoms with Crippen molar-refractivity contribution < 1.29 is 14.4 Å². The van der Waals surface area contributed by atoms with Crippen LogP contribution in [0.5, 0.6) is 0 Å². The van der Waals surface area contributed by atoms with Crippen LogP contribution < -0.4 is 5.32 Å². The highest BCUT2D eigenvalue weighted by Crippen LogP contribution is 2.13. The van der Waals surface area contributed by atoms with Crippen LogP contribution in [0.25, 0.3) is 0 Å². The van der Waals surface area contributed by atoms with Crippen LogP contribution in [0.2, 0.25) is 0 Å². The lowest BCUT2D eigenvalue weighted by Crippen LogP contribution is -2.46. The van der Waals surface area contributed by atoms with E-state index in [-0.39, 0.29) is 35.8 Å². The number of nitrogens with one attached hydrogen (secondary N) is 1. The quantitative estimate of drug-likeness (QED) is 0.839. The van der Waals surface area contributed by atoms with Gasteiger partial charge in [0.2, 0.25) is 17.7 Å². The zero-order chi connectivity index (χ0) is 13.8. The van der Waals surface area contributed by atoms with E-state index in [2.05, 4.69) is 5.32 Å². The SMILES string of the molecule is Cc1ccc(NC(=O)CN2C(=O)CSCC2=O)cc1. The highest BCUT2D eigenvalue weighted by atomic mass is 32.2. The lowest BCUT2D eigenvalue weighted by atomic mass is 10.2. The van der Waals surface area contributed by atoms with Crippen LogP contribution in [0, 0.1) is 6.92 Å². The van der Waals surface area contributed by atoms with Gasteiger partial charge in [-0.2, -0.15) is 0 Å². The van der Waals surface area contributed by atoms with Crippen molar-refractivity contribution in [2.45, 2.75) is 6.92 Å². The van der Waals surface area contributed by atoms with Crippen molar-refractivity contribution >= 4 is 35.2 Å². The van der Waals surface area contributed by atoms with Gasteiger partial charge in [0, 0.05) is 5.69 Å². The van der Waals surface area contributed by atoms with Gasteiger partial charge in [0.05, 0.1) is 11.5 Å². The number of rotatable bonds is 3. The Bertz CT molecular complexity index is 497. The van der Waals surface area contributed by atoms with Crippen molar-refractivity contribution in [2.24, 2.45) is 0 Å². The molecule has 2 rings (SSSR count). The minimum absolute atomic E-state index is 0.216. The fourth-order valence-corrected chi connectivity index (χ4v) is 2.44. The van der Waals surface area contributed by atoms with Gasteiger partial charge in [-0.3, -0.25) is 19.3 Å². The van der Waals surface area contributed by atoms with Crippen LogP contribution >= 0.6 is 11.8 Å². The Balaban J connectivity index is 1.95. The fourth-order valence-electron chi connectivity index (χ4n) is 1.68. The van der Waals surface area contributed by atoms with Crippen LogP contribution in [-0.2, 0) is 14.4 Å². The molecule has 1 aliphatic rings. The van der Waals surface area contributed by atoms with E-state index in [1.54, 1.807) is 12.1 Å². The number of thioether (sulfide) groups is 1. The highest BCUT2D eigenvalue weighted by molar-refractivity contribution is 8.00. The number of carbonyl (C=O) groups excluding carboxylic acids is 3. The lowest BCUT2D eigenvalue weighted by molar-refractivity contribution is -0.144. The van der Waals surface area contributed by atoms with E-state index in [4.69, 9.17) is 0 Å². The Morgan fingerprint density at radius 2 is 1.79 bits per heavy atom. The summed E-state index contributed by atoms with van der Waals surface area (Å²) in [7, 11) is 0. The number of benzene rings is 1. The third-order valence-corrected chi connectivity index (χ3v) is 3.59. The van der Waals surface area contributed by atoms with Gasteiger partial charge in [-0.15, -0.1) is 11.8 Å². The maximum absolute atomic E-state index is 11.8. The number of aryl methyl sites for hydroxylation is 1. The monoisotopic (exact) mass is 278 g/mol. The molecule has 5 nitrogen and oxygen atoms in total. The highest BCUT2D eigenvalue weighted by Gasteiger charge is 2.28. The third kappa shape index (κ3) is 3.57. The molecule has 1 N–H and O–H groups in total. The van der Waals surface area contributed by atoms with Crippen LogP contribution in [0.1, 0.15) is 5.56 Å². The maximum atomic E-state index is 11.8. The standard InChI is InChI=1S/C13H14N2O3S/c1-9-2-4-10(5-3-9)14-11(16)6-15-12(17)7-19-8-13(15)18/h2-5H,6-8H2,1H3,(H,14,16). The minimum atomic E-state index is -0.363. The molecule has 1 aromatic carbocycles. The zero-order valence-corrected chi connectivity index (χ0v) is 11.3. The van der Waals surface area contributed by atoms with Gasteiger partial charge in [-0.25, -0.2) is 0 Å². The molecule has 0 spiro atoms. The number of hydrogen-bond donors (Lipinski definition) is 1. The summed E-state index contributed by atoms with van der Waals surface area (Å²) in [6.45, 7) is 1.74. The smallest absolute Gasteiger partial charge is 0.244 e. The molecule has 1 heterocycles. The van der Waals surface area contributed by atoms with Gasteiger partial charge >= 0.3 is 0 Å². The van der Waals surface area contributed by atoms with Gasteiger partial charge in [0.1, 0.15) is 6.54 Å². The Hall–Kier alpha value is -1.82. The fraction of sp³-hybridized carbons (Fsp3) is 0.308. The van der Waals surface area contributed by atoms with Gasteiger partial charge in [-0.05, 0) is 19.1 Å². The first-order valence-corrected chi connectivity index (χ1v) is 6.99. The Morgan fingerprint density at radius 3 is 2.37 bits per heavy atom. The molecule has 6 heteroatoms. The molecule has 1 fully saturated rings. The van der Waals surface area contributed by atoms with E-state index in [0.29, 0.717) is 5.69 Å². The van der Waals surface area contributed by atoms with E-state index in [1.807, 2.05) is 19.1 Å². The lowest BCUT2D eigenvalue weighted by Gasteiger charge is -2.23. The molecule has 0 atom stereocenters. The minimum Gasteiger partial charge on any atom is -0.325 e. The summed E-state index contributed by atoms with van der Waals surface area (Å²) in [6.07, 6.45) is 0. The first-order chi connectivity index (χ1) is 9.06. The second-order valence-electron chi connectivity index (χ2n) is 4.28. The summed E-state index contributed by atoms with van der Waals surface area (Å²) in [5.74, 6) is -0.467. The number of amides is 3. The van der Waals surface area contributed by atoms with Crippen molar-refractivity contribution in [3.8, 4) is 0 Å².